The molecule has 0 amide bonds. The predicted octanol–water partition coefficient (Wildman–Crippen LogP) is 4.63. The second-order valence-electron chi connectivity index (χ2n) is 6.32. The topological polar surface area (TPSA) is 35.5 Å². The second-order valence-corrected chi connectivity index (χ2v) is 11.1. The lowest BCUT2D eigenvalue weighted by molar-refractivity contribution is -0.137. The molecule has 0 unspecified atom stereocenters. The Labute approximate surface area is 130 Å². The zero-order valence-electron chi connectivity index (χ0n) is 14.3. The number of ether oxygens (including phenoxy) is 1. The maximum absolute atomic E-state index is 11.0. The summed E-state index contributed by atoms with van der Waals surface area (Å²) in [5.41, 5.74) is 0. The van der Waals surface area contributed by atoms with Crippen LogP contribution in [0.5, 0.6) is 0 Å². The number of allylic oxidation sites excluding steroid dienone is 4. The van der Waals surface area contributed by atoms with Gasteiger partial charge in [0.25, 0.3) is 0 Å². The molecular weight excluding hydrogens is 280 g/mol. The van der Waals surface area contributed by atoms with Crippen molar-refractivity contribution in [3.63, 3.8) is 0 Å². The Bertz CT molecular complexity index is 387. The van der Waals surface area contributed by atoms with Crippen molar-refractivity contribution in [1.82, 2.24) is 0 Å². The van der Waals surface area contributed by atoms with Gasteiger partial charge in [-0.05, 0) is 31.5 Å². The molecule has 0 aromatic carbocycles. The fourth-order valence-electron chi connectivity index (χ4n) is 1.23. The average Bonchev–Trinajstić information content (AvgIpc) is 2.35. The third kappa shape index (κ3) is 9.42. The molecule has 0 bridgehead atoms. The maximum atomic E-state index is 11.0. The smallest absolute Gasteiger partial charge is 0.330 e. The highest BCUT2D eigenvalue weighted by molar-refractivity contribution is 6.74. The van der Waals surface area contributed by atoms with E-state index < -0.39 is 8.32 Å². The van der Waals surface area contributed by atoms with E-state index in [1.54, 1.807) is 13.0 Å². The van der Waals surface area contributed by atoms with Gasteiger partial charge in [0.2, 0.25) is 0 Å². The van der Waals surface area contributed by atoms with Crippen molar-refractivity contribution >= 4 is 14.3 Å². The van der Waals surface area contributed by atoms with Crippen LogP contribution >= 0.6 is 0 Å². The molecule has 0 aliphatic heterocycles. The van der Waals surface area contributed by atoms with Crippen LogP contribution in [0, 0.1) is 0 Å². The van der Waals surface area contributed by atoms with Crippen LogP contribution < -0.4 is 0 Å². The molecule has 0 saturated carbocycles. The van der Waals surface area contributed by atoms with Gasteiger partial charge >= 0.3 is 5.97 Å². The van der Waals surface area contributed by atoms with E-state index >= 15 is 0 Å². The lowest BCUT2D eigenvalue weighted by Gasteiger charge is -2.36. The third-order valence-corrected chi connectivity index (χ3v) is 8.08. The summed E-state index contributed by atoms with van der Waals surface area (Å²) in [5, 5.41) is 0.258. The SMILES string of the molecule is CCOC(=O)/C=C/C=C/C=C/CCO[Si](C)(C)C(C)(C)C. The van der Waals surface area contributed by atoms with E-state index in [1.165, 1.54) is 6.08 Å². The molecule has 21 heavy (non-hydrogen) atoms. The predicted molar refractivity (Wildman–Crippen MR) is 91.8 cm³/mol. The highest BCUT2D eigenvalue weighted by atomic mass is 28.4. The number of hydrogen-bond donors (Lipinski definition) is 0. The monoisotopic (exact) mass is 310 g/mol. The van der Waals surface area contributed by atoms with Crippen molar-refractivity contribution in [2.75, 3.05) is 13.2 Å². The first-order valence-corrected chi connectivity index (χ1v) is 10.4. The van der Waals surface area contributed by atoms with E-state index in [-0.39, 0.29) is 11.0 Å². The van der Waals surface area contributed by atoms with Gasteiger partial charge in [0.05, 0.1) is 6.61 Å². The standard InChI is InChI=1S/C17H30O3Si/c1-7-19-16(18)14-12-10-8-9-11-13-15-20-21(5,6)17(2,3)4/h8-12,14H,7,13,15H2,1-6H3/b10-8+,11-9+,14-12+. The van der Waals surface area contributed by atoms with E-state index in [4.69, 9.17) is 9.16 Å². The Morgan fingerprint density at radius 1 is 1.10 bits per heavy atom. The molecule has 0 spiro atoms. The molecule has 0 aliphatic carbocycles. The van der Waals surface area contributed by atoms with Crippen molar-refractivity contribution in [3.05, 3.63) is 36.5 Å². The van der Waals surface area contributed by atoms with Crippen LogP contribution in [0.4, 0.5) is 0 Å². The molecule has 120 valence electrons. The Kier molecular flexibility index (Phi) is 9.21. The van der Waals surface area contributed by atoms with E-state index in [0.29, 0.717) is 6.61 Å². The summed E-state index contributed by atoms with van der Waals surface area (Å²) in [5.74, 6) is -0.311. The highest BCUT2D eigenvalue weighted by Crippen LogP contribution is 2.36. The van der Waals surface area contributed by atoms with Crippen LogP contribution in [0.25, 0.3) is 0 Å². The van der Waals surface area contributed by atoms with Crippen LogP contribution in [0.2, 0.25) is 18.1 Å². The largest absolute Gasteiger partial charge is 0.463 e. The summed E-state index contributed by atoms with van der Waals surface area (Å²) in [6.07, 6.45) is 11.7. The summed E-state index contributed by atoms with van der Waals surface area (Å²) in [6, 6.07) is 0. The lowest BCUT2D eigenvalue weighted by Crippen LogP contribution is -2.40. The van der Waals surface area contributed by atoms with Crippen molar-refractivity contribution in [3.8, 4) is 0 Å². The molecule has 0 fully saturated rings. The minimum absolute atomic E-state index is 0.258. The van der Waals surface area contributed by atoms with Gasteiger partial charge in [-0.1, -0.05) is 51.2 Å². The highest BCUT2D eigenvalue weighted by Gasteiger charge is 2.36. The van der Waals surface area contributed by atoms with Gasteiger partial charge in [-0.15, -0.1) is 0 Å². The van der Waals surface area contributed by atoms with Gasteiger partial charge in [0.15, 0.2) is 8.32 Å². The van der Waals surface area contributed by atoms with Gasteiger partial charge < -0.3 is 9.16 Å². The fraction of sp³-hybridized carbons (Fsp3) is 0.588. The normalized spacial score (nSPS) is 13.6. The molecule has 0 radical (unpaired) electrons. The summed E-state index contributed by atoms with van der Waals surface area (Å²) >= 11 is 0. The van der Waals surface area contributed by atoms with E-state index in [0.717, 1.165) is 13.0 Å². The van der Waals surface area contributed by atoms with Crippen molar-refractivity contribution in [2.24, 2.45) is 0 Å². The number of hydrogen-bond acceptors (Lipinski definition) is 3. The van der Waals surface area contributed by atoms with E-state index in [1.807, 2.05) is 18.2 Å². The average molecular weight is 311 g/mol. The Morgan fingerprint density at radius 3 is 2.29 bits per heavy atom. The molecule has 0 heterocycles. The molecule has 4 heteroatoms. The zero-order chi connectivity index (χ0) is 16.4. The Morgan fingerprint density at radius 2 is 1.71 bits per heavy atom. The van der Waals surface area contributed by atoms with Crippen molar-refractivity contribution in [2.45, 2.75) is 52.2 Å². The number of carbonyl (C=O) groups excluding carboxylic acids is 1. The summed E-state index contributed by atoms with van der Waals surface area (Å²) in [4.78, 5) is 11.0. The van der Waals surface area contributed by atoms with Crippen molar-refractivity contribution in [1.29, 1.82) is 0 Å². The van der Waals surface area contributed by atoms with Crippen LogP contribution in [0.3, 0.4) is 0 Å². The number of rotatable bonds is 8. The molecule has 0 saturated heterocycles. The van der Waals surface area contributed by atoms with Gasteiger partial charge in [0, 0.05) is 12.7 Å². The van der Waals surface area contributed by atoms with Gasteiger partial charge in [-0.3, -0.25) is 0 Å². The Hall–Kier alpha value is -1.13. The molecule has 0 N–H and O–H groups in total. The first kappa shape index (κ1) is 19.9. The zero-order valence-corrected chi connectivity index (χ0v) is 15.3. The fourth-order valence-corrected chi connectivity index (χ4v) is 2.29. The van der Waals surface area contributed by atoms with E-state index in [2.05, 4.69) is 39.9 Å². The molecule has 0 rings (SSSR count). The Balaban J connectivity index is 3.91. The lowest BCUT2D eigenvalue weighted by atomic mass is 10.2. The molecule has 3 nitrogen and oxygen atoms in total. The van der Waals surface area contributed by atoms with Gasteiger partial charge in [0.1, 0.15) is 0 Å². The summed E-state index contributed by atoms with van der Waals surface area (Å²) in [6.45, 7) is 14.2. The molecule has 0 aromatic rings. The van der Waals surface area contributed by atoms with Gasteiger partial charge in [-0.2, -0.15) is 0 Å². The third-order valence-electron chi connectivity index (χ3n) is 3.54. The maximum Gasteiger partial charge on any atom is 0.330 e. The van der Waals surface area contributed by atoms with Crippen LogP contribution in [0.1, 0.15) is 34.1 Å². The minimum Gasteiger partial charge on any atom is -0.463 e. The summed E-state index contributed by atoms with van der Waals surface area (Å²) in [7, 11) is -1.62. The minimum atomic E-state index is -1.62. The first-order chi connectivity index (χ1) is 9.70. The van der Waals surface area contributed by atoms with Crippen LogP contribution in [-0.4, -0.2) is 27.5 Å². The quantitative estimate of drug-likeness (QED) is 0.215. The molecule has 0 aliphatic rings. The van der Waals surface area contributed by atoms with Gasteiger partial charge in [-0.25, -0.2) is 4.79 Å². The van der Waals surface area contributed by atoms with E-state index in [9.17, 15) is 4.79 Å². The second kappa shape index (κ2) is 9.74. The van der Waals surface area contributed by atoms with Crippen LogP contribution in [-0.2, 0) is 14.0 Å². The number of carbonyl (C=O) groups is 1. The first-order valence-electron chi connectivity index (χ1n) is 7.51. The molecular formula is C17H30O3Si. The summed E-state index contributed by atoms with van der Waals surface area (Å²) < 4.78 is 10.8. The van der Waals surface area contributed by atoms with Crippen LogP contribution in [0.15, 0.2) is 36.5 Å². The number of esters is 1. The van der Waals surface area contributed by atoms with Crippen molar-refractivity contribution < 1.29 is 14.0 Å². The molecule has 0 atom stereocenters. The molecule has 0 aromatic heterocycles.